The van der Waals surface area contributed by atoms with Gasteiger partial charge in [-0.25, -0.2) is 14.6 Å². The van der Waals surface area contributed by atoms with Gasteiger partial charge in [-0.1, -0.05) is 6.07 Å². The summed E-state index contributed by atoms with van der Waals surface area (Å²) < 4.78 is 65.5. The Labute approximate surface area is 200 Å². The van der Waals surface area contributed by atoms with Crippen LogP contribution in [0, 0.1) is 0 Å². The number of aliphatic carboxylic acids is 2. The highest BCUT2D eigenvalue weighted by atomic mass is 19.4. The number of nitrogens with zero attached hydrogens (tertiary/aromatic N) is 4. The summed E-state index contributed by atoms with van der Waals surface area (Å²) in [6.07, 6.45) is -4.81. The summed E-state index contributed by atoms with van der Waals surface area (Å²) in [6, 6.07) is 4.16. The molecule has 3 rings (SSSR count). The lowest BCUT2D eigenvalue weighted by Gasteiger charge is -2.28. The van der Waals surface area contributed by atoms with E-state index in [0.717, 1.165) is 32.0 Å². The summed E-state index contributed by atoms with van der Waals surface area (Å²) in [5.74, 6) is -4.61. The van der Waals surface area contributed by atoms with Crippen LogP contribution < -0.4 is 5.32 Å². The maximum absolute atomic E-state index is 12.2. The highest BCUT2D eigenvalue weighted by Crippen LogP contribution is 2.17. The van der Waals surface area contributed by atoms with Gasteiger partial charge in [0.1, 0.15) is 11.5 Å². The topological polar surface area (TPSA) is 138 Å². The predicted molar refractivity (Wildman–Crippen MR) is 111 cm³/mol. The maximum Gasteiger partial charge on any atom is 0.490 e. The van der Waals surface area contributed by atoms with Crippen LogP contribution in [0.5, 0.6) is 0 Å². The highest BCUT2D eigenvalue weighted by Gasteiger charge is 2.38. The molecule has 0 unspecified atom stereocenters. The van der Waals surface area contributed by atoms with Gasteiger partial charge in [0, 0.05) is 38.1 Å². The number of carboxylic acids is 2. The molecule has 0 radical (unpaired) electrons. The molecule has 1 aliphatic rings. The normalized spacial score (nSPS) is 13.5. The molecule has 3 heterocycles. The third kappa shape index (κ3) is 10.3. The second-order valence-electron chi connectivity index (χ2n) is 7.52. The lowest BCUT2D eigenvalue weighted by Crippen LogP contribution is -2.37. The molecule has 2 aromatic rings. The van der Waals surface area contributed by atoms with Crippen molar-refractivity contribution >= 4 is 17.8 Å². The molecule has 0 fully saturated rings. The lowest BCUT2D eigenvalue weighted by molar-refractivity contribution is -0.193. The van der Waals surface area contributed by atoms with Crippen molar-refractivity contribution in [2.75, 3.05) is 6.54 Å². The number of alkyl halides is 6. The number of halogens is 6. The van der Waals surface area contributed by atoms with E-state index >= 15 is 0 Å². The van der Waals surface area contributed by atoms with Crippen molar-refractivity contribution < 1.29 is 50.9 Å². The van der Waals surface area contributed by atoms with E-state index in [-0.39, 0.29) is 11.9 Å². The molecule has 1 amide bonds. The number of rotatable bonds is 4. The monoisotopic (exact) mass is 527 g/mol. The third-order valence-corrected chi connectivity index (χ3v) is 4.21. The van der Waals surface area contributed by atoms with Gasteiger partial charge >= 0.3 is 24.3 Å². The molecule has 200 valence electrons. The molecule has 16 heteroatoms. The average Bonchev–Trinajstić information content (AvgIpc) is 3.17. The summed E-state index contributed by atoms with van der Waals surface area (Å²) in [4.78, 5) is 40.9. The molecule has 0 atom stereocenters. The van der Waals surface area contributed by atoms with Gasteiger partial charge in [-0.05, 0) is 25.5 Å². The molecule has 0 aliphatic carbocycles. The van der Waals surface area contributed by atoms with Crippen molar-refractivity contribution in [3.05, 3.63) is 47.8 Å². The van der Waals surface area contributed by atoms with E-state index in [2.05, 4.69) is 26.3 Å². The first-order valence-electron chi connectivity index (χ1n) is 10.1. The Kier molecular flexibility index (Phi) is 10.8. The molecular formula is C20H23F6N5O5. The molecule has 2 aromatic heterocycles. The Balaban J connectivity index is 0.000000383. The molecular weight excluding hydrogens is 504 g/mol. The number of hydrogen-bond donors (Lipinski definition) is 3. The van der Waals surface area contributed by atoms with Crippen molar-refractivity contribution in [3.8, 4) is 0 Å². The zero-order valence-electron chi connectivity index (χ0n) is 19.0. The van der Waals surface area contributed by atoms with Gasteiger partial charge in [0.2, 0.25) is 0 Å². The van der Waals surface area contributed by atoms with Gasteiger partial charge in [0.25, 0.3) is 5.91 Å². The van der Waals surface area contributed by atoms with Crippen LogP contribution in [0.25, 0.3) is 0 Å². The second kappa shape index (κ2) is 12.9. The molecule has 10 nitrogen and oxygen atoms in total. The first kappa shape index (κ1) is 30.3. The zero-order chi connectivity index (χ0) is 27.7. The van der Waals surface area contributed by atoms with Crippen LogP contribution in [-0.2, 0) is 29.2 Å². The summed E-state index contributed by atoms with van der Waals surface area (Å²) in [7, 11) is 0. The van der Waals surface area contributed by atoms with E-state index < -0.39 is 24.3 Å². The van der Waals surface area contributed by atoms with Gasteiger partial charge in [-0.2, -0.15) is 26.3 Å². The van der Waals surface area contributed by atoms with E-state index in [1.165, 1.54) is 5.56 Å². The fraction of sp³-hybridized carbons (Fsp3) is 0.450. The zero-order valence-corrected chi connectivity index (χ0v) is 19.0. The highest BCUT2D eigenvalue weighted by molar-refractivity contribution is 5.92. The maximum atomic E-state index is 12.2. The van der Waals surface area contributed by atoms with E-state index in [9.17, 15) is 31.1 Å². The largest absolute Gasteiger partial charge is 0.490 e. The van der Waals surface area contributed by atoms with Crippen LogP contribution >= 0.6 is 0 Å². The van der Waals surface area contributed by atoms with Gasteiger partial charge in [0.05, 0.1) is 12.7 Å². The summed E-state index contributed by atoms with van der Waals surface area (Å²) in [6.45, 7) is 7.22. The second-order valence-corrected chi connectivity index (χ2v) is 7.52. The van der Waals surface area contributed by atoms with Crippen LogP contribution in [0.4, 0.5) is 26.3 Å². The van der Waals surface area contributed by atoms with Crippen LogP contribution in [0.1, 0.15) is 35.7 Å². The minimum Gasteiger partial charge on any atom is -0.475 e. The predicted octanol–water partition coefficient (Wildman–Crippen LogP) is 2.70. The van der Waals surface area contributed by atoms with Gasteiger partial charge in [-0.15, -0.1) is 0 Å². The number of carboxylic acid groups (broad SMARTS) is 2. The molecule has 1 aliphatic heterocycles. The van der Waals surface area contributed by atoms with E-state index in [1.807, 2.05) is 30.7 Å². The number of carbonyl (C=O) groups excluding carboxylic acids is 1. The number of nitrogens with one attached hydrogen (secondary N) is 1. The van der Waals surface area contributed by atoms with Crippen molar-refractivity contribution in [1.82, 2.24) is 24.8 Å². The number of fused-ring (bicyclic) bond motifs is 1. The van der Waals surface area contributed by atoms with E-state index in [0.29, 0.717) is 5.69 Å². The minimum atomic E-state index is -5.08. The minimum absolute atomic E-state index is 0.0468. The Morgan fingerprint density at radius 1 is 1.03 bits per heavy atom. The van der Waals surface area contributed by atoms with Crippen molar-refractivity contribution in [3.63, 3.8) is 0 Å². The number of carbonyl (C=O) groups is 3. The SMILES string of the molecule is CC(C)NC(=O)c1cnc2n1CCN(Cc1cccnc1)C2.O=C(O)C(F)(F)F.O=C(O)C(F)(F)F. The first-order chi connectivity index (χ1) is 16.5. The van der Waals surface area contributed by atoms with Gasteiger partial charge < -0.3 is 20.1 Å². The number of amides is 1. The molecule has 36 heavy (non-hydrogen) atoms. The quantitative estimate of drug-likeness (QED) is 0.517. The number of aromatic nitrogens is 3. The molecule has 0 bridgehead atoms. The molecule has 0 saturated heterocycles. The Morgan fingerprint density at radius 3 is 2.03 bits per heavy atom. The third-order valence-electron chi connectivity index (χ3n) is 4.21. The van der Waals surface area contributed by atoms with Gasteiger partial charge in [-0.3, -0.25) is 14.7 Å². The lowest BCUT2D eigenvalue weighted by atomic mass is 10.2. The smallest absolute Gasteiger partial charge is 0.475 e. The first-order valence-corrected chi connectivity index (χ1v) is 10.1. The van der Waals surface area contributed by atoms with Crippen molar-refractivity contribution in [2.24, 2.45) is 0 Å². The summed E-state index contributed by atoms with van der Waals surface area (Å²) >= 11 is 0. The van der Waals surface area contributed by atoms with Crippen molar-refractivity contribution in [2.45, 2.75) is 51.9 Å². The summed E-state index contributed by atoms with van der Waals surface area (Å²) in [5.41, 5.74) is 1.85. The fourth-order valence-electron chi connectivity index (χ4n) is 2.71. The number of hydrogen-bond acceptors (Lipinski definition) is 6. The van der Waals surface area contributed by atoms with E-state index in [1.54, 1.807) is 12.4 Å². The van der Waals surface area contributed by atoms with Crippen LogP contribution in [0.15, 0.2) is 30.7 Å². The fourth-order valence-corrected chi connectivity index (χ4v) is 2.71. The standard InChI is InChI=1S/C16H21N5O.2C2HF3O2/c1-12(2)19-16(22)14-9-18-15-11-20(6-7-21(14)15)10-13-4-3-5-17-8-13;2*3-2(4,5)1(6)7/h3-5,8-9,12H,6-7,10-11H2,1-2H3,(H,19,22);2*(H,6,7). The van der Waals surface area contributed by atoms with Gasteiger partial charge in [0.15, 0.2) is 0 Å². The van der Waals surface area contributed by atoms with Crippen LogP contribution in [0.3, 0.4) is 0 Å². The molecule has 3 N–H and O–H groups in total. The number of pyridine rings is 1. The van der Waals surface area contributed by atoms with Crippen LogP contribution in [-0.4, -0.2) is 72.4 Å². The summed E-state index contributed by atoms with van der Waals surface area (Å²) in [5, 5.41) is 17.2. The Morgan fingerprint density at radius 2 is 1.58 bits per heavy atom. The molecule has 0 saturated carbocycles. The van der Waals surface area contributed by atoms with Crippen molar-refractivity contribution in [1.29, 1.82) is 0 Å². The van der Waals surface area contributed by atoms with Crippen LogP contribution in [0.2, 0.25) is 0 Å². The molecule has 0 spiro atoms. The Hall–Kier alpha value is -3.69. The average molecular weight is 527 g/mol. The Bertz CT molecular complexity index is 1000. The number of imidazole rings is 1. The molecule has 0 aromatic carbocycles. The van der Waals surface area contributed by atoms with E-state index in [4.69, 9.17) is 19.8 Å².